The topological polar surface area (TPSA) is 66.5 Å². The fourth-order valence-electron chi connectivity index (χ4n) is 1.37. The normalized spacial score (nSPS) is 12.6. The average molecular weight is 300 g/mol. The number of hydrogen-bond acceptors (Lipinski definition) is 4. The SMILES string of the molecule is CC(NCc1ccc(Br)cc1F)c1nn[nH]n1. The molecule has 0 radical (unpaired) electrons. The van der Waals surface area contributed by atoms with Crippen LogP contribution in [0.4, 0.5) is 4.39 Å². The predicted molar refractivity (Wildman–Crippen MR) is 63.5 cm³/mol. The molecule has 0 bridgehead atoms. The molecule has 0 aliphatic carbocycles. The van der Waals surface area contributed by atoms with E-state index < -0.39 is 0 Å². The maximum atomic E-state index is 13.5. The molecule has 1 aromatic carbocycles. The van der Waals surface area contributed by atoms with Crippen LogP contribution in [0.25, 0.3) is 0 Å². The summed E-state index contributed by atoms with van der Waals surface area (Å²) in [6.07, 6.45) is 0. The first-order valence-corrected chi connectivity index (χ1v) is 5.87. The van der Waals surface area contributed by atoms with Crippen LogP contribution in [-0.4, -0.2) is 20.6 Å². The van der Waals surface area contributed by atoms with Crippen molar-refractivity contribution < 1.29 is 4.39 Å². The number of rotatable bonds is 4. The standard InChI is InChI=1S/C10H11BrFN5/c1-6(10-14-16-17-15-10)13-5-7-2-3-8(11)4-9(7)12/h2-4,6,13H,5H2,1H3,(H,14,15,16,17). The van der Waals surface area contributed by atoms with E-state index in [0.717, 1.165) is 4.47 Å². The number of halogens is 2. The Morgan fingerprint density at radius 1 is 1.53 bits per heavy atom. The van der Waals surface area contributed by atoms with Gasteiger partial charge in [-0.1, -0.05) is 27.2 Å². The van der Waals surface area contributed by atoms with Gasteiger partial charge >= 0.3 is 0 Å². The Balaban J connectivity index is 1.98. The van der Waals surface area contributed by atoms with E-state index in [2.05, 4.69) is 41.9 Å². The highest BCUT2D eigenvalue weighted by Crippen LogP contribution is 2.16. The molecular formula is C10H11BrFN5. The van der Waals surface area contributed by atoms with Crippen molar-refractivity contribution in [2.24, 2.45) is 0 Å². The first-order valence-electron chi connectivity index (χ1n) is 5.07. The third-order valence-electron chi connectivity index (χ3n) is 2.36. The molecule has 7 heteroatoms. The summed E-state index contributed by atoms with van der Waals surface area (Å²) in [7, 11) is 0. The Kier molecular flexibility index (Phi) is 3.80. The molecule has 0 saturated carbocycles. The van der Waals surface area contributed by atoms with E-state index >= 15 is 0 Å². The zero-order valence-corrected chi connectivity index (χ0v) is 10.7. The van der Waals surface area contributed by atoms with E-state index in [4.69, 9.17) is 0 Å². The lowest BCUT2D eigenvalue weighted by Crippen LogP contribution is -2.20. The third kappa shape index (κ3) is 3.07. The molecule has 0 aliphatic rings. The van der Waals surface area contributed by atoms with Crippen molar-refractivity contribution in [2.45, 2.75) is 19.5 Å². The molecule has 2 N–H and O–H groups in total. The summed E-state index contributed by atoms with van der Waals surface area (Å²) in [5.74, 6) is 0.315. The Morgan fingerprint density at radius 2 is 2.35 bits per heavy atom. The molecule has 2 rings (SSSR count). The zero-order chi connectivity index (χ0) is 12.3. The van der Waals surface area contributed by atoms with Gasteiger partial charge in [0.2, 0.25) is 0 Å². The van der Waals surface area contributed by atoms with Crippen molar-refractivity contribution in [3.05, 3.63) is 39.9 Å². The summed E-state index contributed by atoms with van der Waals surface area (Å²) < 4.78 is 14.3. The minimum Gasteiger partial charge on any atom is -0.303 e. The second-order valence-corrected chi connectivity index (χ2v) is 4.52. The molecule has 5 nitrogen and oxygen atoms in total. The van der Waals surface area contributed by atoms with Crippen LogP contribution < -0.4 is 5.32 Å². The fourth-order valence-corrected chi connectivity index (χ4v) is 1.71. The first-order chi connectivity index (χ1) is 8.16. The molecule has 0 saturated heterocycles. The second kappa shape index (κ2) is 5.33. The number of aromatic nitrogens is 4. The zero-order valence-electron chi connectivity index (χ0n) is 9.11. The van der Waals surface area contributed by atoms with Crippen molar-refractivity contribution in [3.63, 3.8) is 0 Å². The number of hydrogen-bond donors (Lipinski definition) is 2. The summed E-state index contributed by atoms with van der Waals surface area (Å²) in [5, 5.41) is 16.7. The summed E-state index contributed by atoms with van der Waals surface area (Å²) in [4.78, 5) is 0. The molecule has 0 amide bonds. The van der Waals surface area contributed by atoms with Gasteiger partial charge in [-0.25, -0.2) is 4.39 Å². The Hall–Kier alpha value is -1.34. The van der Waals surface area contributed by atoms with E-state index in [1.165, 1.54) is 6.07 Å². The summed E-state index contributed by atoms with van der Waals surface area (Å²) in [5.41, 5.74) is 0.601. The minimum absolute atomic E-state index is 0.0863. The van der Waals surface area contributed by atoms with Crippen LogP contribution in [0.15, 0.2) is 22.7 Å². The summed E-state index contributed by atoms with van der Waals surface area (Å²) in [6, 6.07) is 4.89. The van der Waals surface area contributed by atoms with Crippen molar-refractivity contribution in [1.82, 2.24) is 25.9 Å². The van der Waals surface area contributed by atoms with Gasteiger partial charge < -0.3 is 5.32 Å². The van der Waals surface area contributed by atoms with Gasteiger partial charge in [-0.05, 0) is 19.1 Å². The molecule has 0 fully saturated rings. The number of nitrogens with zero attached hydrogens (tertiary/aromatic N) is 3. The lowest BCUT2D eigenvalue weighted by molar-refractivity contribution is 0.525. The van der Waals surface area contributed by atoms with Gasteiger partial charge in [0.05, 0.1) is 6.04 Å². The lowest BCUT2D eigenvalue weighted by atomic mass is 10.2. The quantitative estimate of drug-likeness (QED) is 0.906. The van der Waals surface area contributed by atoms with Gasteiger partial charge in [-0.2, -0.15) is 5.21 Å². The van der Waals surface area contributed by atoms with Gasteiger partial charge in [0, 0.05) is 16.6 Å². The second-order valence-electron chi connectivity index (χ2n) is 3.61. The van der Waals surface area contributed by atoms with E-state index in [0.29, 0.717) is 17.9 Å². The summed E-state index contributed by atoms with van der Waals surface area (Å²) in [6.45, 7) is 2.30. The van der Waals surface area contributed by atoms with Gasteiger partial charge in [-0.3, -0.25) is 0 Å². The third-order valence-corrected chi connectivity index (χ3v) is 2.86. The highest BCUT2D eigenvalue weighted by Gasteiger charge is 2.10. The molecule has 1 heterocycles. The van der Waals surface area contributed by atoms with Crippen LogP contribution in [0.2, 0.25) is 0 Å². The van der Waals surface area contributed by atoms with Gasteiger partial charge in [0.1, 0.15) is 5.82 Å². The number of nitrogens with one attached hydrogen (secondary N) is 2. The van der Waals surface area contributed by atoms with E-state index in [-0.39, 0.29) is 11.9 Å². The van der Waals surface area contributed by atoms with Crippen molar-refractivity contribution in [2.75, 3.05) is 0 Å². The fraction of sp³-hybridized carbons (Fsp3) is 0.300. The molecule has 0 spiro atoms. The maximum absolute atomic E-state index is 13.5. The summed E-state index contributed by atoms with van der Waals surface area (Å²) >= 11 is 3.22. The largest absolute Gasteiger partial charge is 0.303 e. The van der Waals surface area contributed by atoms with Crippen LogP contribution in [0, 0.1) is 5.82 Å². The molecular weight excluding hydrogens is 289 g/mol. The average Bonchev–Trinajstić information content (AvgIpc) is 2.81. The van der Waals surface area contributed by atoms with Crippen LogP contribution in [0.3, 0.4) is 0 Å². The van der Waals surface area contributed by atoms with Crippen LogP contribution in [-0.2, 0) is 6.54 Å². The van der Waals surface area contributed by atoms with E-state index in [9.17, 15) is 4.39 Å². The van der Waals surface area contributed by atoms with Gasteiger partial charge in [0.15, 0.2) is 5.82 Å². The highest BCUT2D eigenvalue weighted by molar-refractivity contribution is 9.10. The Labute approximate surface area is 106 Å². The monoisotopic (exact) mass is 299 g/mol. The molecule has 1 atom stereocenters. The smallest absolute Gasteiger partial charge is 0.191 e. The molecule has 17 heavy (non-hydrogen) atoms. The van der Waals surface area contributed by atoms with E-state index in [1.54, 1.807) is 12.1 Å². The molecule has 90 valence electrons. The van der Waals surface area contributed by atoms with Crippen molar-refractivity contribution in [1.29, 1.82) is 0 Å². The van der Waals surface area contributed by atoms with Gasteiger partial charge in [0.25, 0.3) is 0 Å². The number of tetrazole rings is 1. The van der Waals surface area contributed by atoms with Gasteiger partial charge in [-0.15, -0.1) is 10.2 Å². The van der Waals surface area contributed by atoms with Crippen LogP contribution >= 0.6 is 15.9 Å². The predicted octanol–water partition coefficient (Wildman–Crippen LogP) is 1.95. The number of H-pyrrole nitrogens is 1. The van der Waals surface area contributed by atoms with E-state index in [1.807, 2.05) is 6.92 Å². The minimum atomic E-state index is -0.243. The molecule has 2 aromatic rings. The molecule has 1 aromatic heterocycles. The highest BCUT2D eigenvalue weighted by atomic mass is 79.9. The Bertz CT molecular complexity index is 487. The van der Waals surface area contributed by atoms with Crippen molar-refractivity contribution in [3.8, 4) is 0 Å². The lowest BCUT2D eigenvalue weighted by Gasteiger charge is -2.10. The molecule has 1 unspecified atom stereocenters. The number of benzene rings is 1. The van der Waals surface area contributed by atoms with Crippen molar-refractivity contribution >= 4 is 15.9 Å². The first kappa shape index (κ1) is 12.1. The maximum Gasteiger partial charge on any atom is 0.191 e. The number of aromatic amines is 1. The Morgan fingerprint density at radius 3 is 3.00 bits per heavy atom. The van der Waals surface area contributed by atoms with Crippen LogP contribution in [0.1, 0.15) is 24.4 Å². The van der Waals surface area contributed by atoms with Crippen LogP contribution in [0.5, 0.6) is 0 Å². The molecule has 0 aliphatic heterocycles.